The van der Waals surface area contributed by atoms with E-state index in [4.69, 9.17) is 0 Å². The highest BCUT2D eigenvalue weighted by molar-refractivity contribution is 5.56. The van der Waals surface area contributed by atoms with Gasteiger partial charge in [-0.05, 0) is 25.5 Å². The lowest BCUT2D eigenvalue weighted by Crippen LogP contribution is -1.84. The number of allylic oxidation sites excluding steroid dienone is 2. The Bertz CT molecular complexity index is 311. The number of rotatable bonds is 2. The van der Waals surface area contributed by atoms with E-state index in [2.05, 4.69) is 23.7 Å². The van der Waals surface area contributed by atoms with Gasteiger partial charge in [-0.3, -0.25) is 4.98 Å². The predicted molar refractivity (Wildman–Crippen MR) is 64.2 cm³/mol. The molecule has 0 bridgehead atoms. The Morgan fingerprint density at radius 2 is 2.07 bits per heavy atom. The number of aryl methyl sites for hydroxylation is 1. The molecular formula is C13H19N. The van der Waals surface area contributed by atoms with Crippen molar-refractivity contribution in [2.45, 2.75) is 27.7 Å². The van der Waals surface area contributed by atoms with Crippen LogP contribution in [0.5, 0.6) is 0 Å². The standard InChI is InChI=1S/C11H13N.C2H6/c1-4-9(2)8-11-6-5-7-12-10(11)3;1-2/h4-8H,1H2,2-3H3;1-2H3/b9-8-;. The molecule has 0 spiro atoms. The lowest BCUT2D eigenvalue weighted by atomic mass is 10.1. The molecule has 0 aromatic carbocycles. The maximum absolute atomic E-state index is 4.19. The van der Waals surface area contributed by atoms with E-state index < -0.39 is 0 Å². The monoisotopic (exact) mass is 189 g/mol. The van der Waals surface area contributed by atoms with Gasteiger partial charge in [-0.2, -0.15) is 0 Å². The van der Waals surface area contributed by atoms with Crippen LogP contribution in [-0.2, 0) is 0 Å². The average Bonchev–Trinajstić information content (AvgIpc) is 2.24. The summed E-state index contributed by atoms with van der Waals surface area (Å²) in [4.78, 5) is 4.19. The summed E-state index contributed by atoms with van der Waals surface area (Å²) in [5.74, 6) is 0. The fourth-order valence-corrected chi connectivity index (χ4v) is 0.953. The maximum atomic E-state index is 4.19. The molecule has 0 aliphatic heterocycles. The molecule has 0 unspecified atom stereocenters. The molecule has 0 atom stereocenters. The number of hydrogen-bond donors (Lipinski definition) is 0. The summed E-state index contributed by atoms with van der Waals surface area (Å²) >= 11 is 0. The van der Waals surface area contributed by atoms with Gasteiger partial charge >= 0.3 is 0 Å². The first kappa shape index (κ1) is 12.6. The van der Waals surface area contributed by atoms with Crippen LogP contribution < -0.4 is 0 Å². The van der Waals surface area contributed by atoms with Gasteiger partial charge in [-0.1, -0.05) is 44.2 Å². The molecule has 14 heavy (non-hydrogen) atoms. The van der Waals surface area contributed by atoms with Crippen molar-refractivity contribution < 1.29 is 0 Å². The second-order valence-corrected chi connectivity index (χ2v) is 2.77. The largest absolute Gasteiger partial charge is 0.261 e. The normalized spacial score (nSPS) is 10.1. The van der Waals surface area contributed by atoms with Crippen molar-refractivity contribution in [2.75, 3.05) is 0 Å². The molecule has 76 valence electrons. The van der Waals surface area contributed by atoms with Crippen LogP contribution in [0.2, 0.25) is 0 Å². The molecule has 0 radical (unpaired) electrons. The van der Waals surface area contributed by atoms with Crippen LogP contribution in [0.3, 0.4) is 0 Å². The van der Waals surface area contributed by atoms with E-state index in [1.165, 1.54) is 0 Å². The Hall–Kier alpha value is -1.37. The molecule has 0 fully saturated rings. The van der Waals surface area contributed by atoms with Crippen LogP contribution in [0.4, 0.5) is 0 Å². The summed E-state index contributed by atoms with van der Waals surface area (Å²) < 4.78 is 0. The van der Waals surface area contributed by atoms with Crippen molar-refractivity contribution in [2.24, 2.45) is 0 Å². The third-order valence-corrected chi connectivity index (χ3v) is 1.75. The van der Waals surface area contributed by atoms with Crippen molar-refractivity contribution in [3.63, 3.8) is 0 Å². The first-order valence-corrected chi connectivity index (χ1v) is 4.96. The lowest BCUT2D eigenvalue weighted by molar-refractivity contribution is 1.19. The Kier molecular flexibility index (Phi) is 6.38. The van der Waals surface area contributed by atoms with Gasteiger partial charge in [0.2, 0.25) is 0 Å². The van der Waals surface area contributed by atoms with Crippen molar-refractivity contribution in [1.82, 2.24) is 4.98 Å². The molecule has 0 aliphatic rings. The Balaban J connectivity index is 0.000000791. The predicted octanol–water partition coefficient (Wildman–Crippen LogP) is 4.01. The fraction of sp³-hybridized carbons (Fsp3) is 0.308. The molecular weight excluding hydrogens is 170 g/mol. The topological polar surface area (TPSA) is 12.9 Å². The first-order valence-electron chi connectivity index (χ1n) is 4.96. The van der Waals surface area contributed by atoms with Gasteiger partial charge in [0, 0.05) is 11.9 Å². The Morgan fingerprint density at radius 1 is 1.43 bits per heavy atom. The van der Waals surface area contributed by atoms with E-state index >= 15 is 0 Å². The van der Waals surface area contributed by atoms with Crippen molar-refractivity contribution in [1.29, 1.82) is 0 Å². The van der Waals surface area contributed by atoms with Gasteiger partial charge in [0.15, 0.2) is 0 Å². The van der Waals surface area contributed by atoms with Crippen LogP contribution in [0.15, 0.2) is 36.6 Å². The molecule has 1 heterocycles. The van der Waals surface area contributed by atoms with E-state index in [1.807, 2.05) is 39.8 Å². The molecule has 0 saturated carbocycles. The Morgan fingerprint density at radius 3 is 2.57 bits per heavy atom. The number of pyridine rings is 1. The molecule has 1 aromatic rings. The highest BCUT2D eigenvalue weighted by Gasteiger charge is 1.92. The highest BCUT2D eigenvalue weighted by Crippen LogP contribution is 2.09. The second-order valence-electron chi connectivity index (χ2n) is 2.77. The molecule has 0 amide bonds. The van der Waals surface area contributed by atoms with E-state index in [-0.39, 0.29) is 0 Å². The van der Waals surface area contributed by atoms with Crippen LogP contribution in [0.1, 0.15) is 32.0 Å². The molecule has 1 aromatic heterocycles. The van der Waals surface area contributed by atoms with Crippen LogP contribution in [-0.4, -0.2) is 4.98 Å². The van der Waals surface area contributed by atoms with Gasteiger partial charge < -0.3 is 0 Å². The van der Waals surface area contributed by atoms with Gasteiger partial charge in [-0.15, -0.1) is 0 Å². The maximum Gasteiger partial charge on any atom is 0.0444 e. The first-order chi connectivity index (χ1) is 6.74. The minimum atomic E-state index is 1.05. The summed E-state index contributed by atoms with van der Waals surface area (Å²) in [6.07, 6.45) is 5.72. The number of aromatic nitrogens is 1. The molecule has 1 rings (SSSR count). The summed E-state index contributed by atoms with van der Waals surface area (Å²) in [5.41, 5.74) is 3.37. The molecule has 0 saturated heterocycles. The van der Waals surface area contributed by atoms with Gasteiger partial charge in [0.1, 0.15) is 0 Å². The minimum absolute atomic E-state index is 1.05. The van der Waals surface area contributed by atoms with Gasteiger partial charge in [-0.25, -0.2) is 0 Å². The van der Waals surface area contributed by atoms with E-state index in [0.29, 0.717) is 0 Å². The van der Waals surface area contributed by atoms with E-state index in [9.17, 15) is 0 Å². The zero-order chi connectivity index (χ0) is 11.0. The zero-order valence-electron chi connectivity index (χ0n) is 9.54. The lowest BCUT2D eigenvalue weighted by Gasteiger charge is -1.98. The van der Waals surface area contributed by atoms with Crippen molar-refractivity contribution >= 4 is 6.08 Å². The van der Waals surface area contributed by atoms with Crippen LogP contribution >= 0.6 is 0 Å². The highest BCUT2D eigenvalue weighted by atomic mass is 14.7. The summed E-state index contributed by atoms with van der Waals surface area (Å²) in [5, 5.41) is 0. The third-order valence-electron chi connectivity index (χ3n) is 1.75. The summed E-state index contributed by atoms with van der Waals surface area (Å²) in [6, 6.07) is 3.99. The van der Waals surface area contributed by atoms with E-state index in [0.717, 1.165) is 16.8 Å². The third kappa shape index (κ3) is 4.04. The van der Waals surface area contributed by atoms with E-state index in [1.54, 1.807) is 6.20 Å². The average molecular weight is 189 g/mol. The smallest absolute Gasteiger partial charge is 0.0444 e. The van der Waals surface area contributed by atoms with Crippen molar-refractivity contribution in [3.05, 3.63) is 47.8 Å². The van der Waals surface area contributed by atoms with Crippen LogP contribution in [0.25, 0.3) is 6.08 Å². The minimum Gasteiger partial charge on any atom is -0.261 e. The SMILES string of the molecule is C=C/C(C)=C\c1cccnc1C.CC. The summed E-state index contributed by atoms with van der Waals surface area (Å²) in [6.45, 7) is 11.7. The Labute approximate surface area is 87.2 Å². The fourth-order valence-electron chi connectivity index (χ4n) is 0.953. The molecule has 0 N–H and O–H groups in total. The summed E-state index contributed by atoms with van der Waals surface area (Å²) in [7, 11) is 0. The number of hydrogen-bond acceptors (Lipinski definition) is 1. The molecule has 1 nitrogen and oxygen atoms in total. The molecule has 1 heteroatoms. The van der Waals surface area contributed by atoms with Gasteiger partial charge in [0.25, 0.3) is 0 Å². The van der Waals surface area contributed by atoms with Crippen molar-refractivity contribution in [3.8, 4) is 0 Å². The van der Waals surface area contributed by atoms with Crippen LogP contribution in [0, 0.1) is 6.92 Å². The van der Waals surface area contributed by atoms with Gasteiger partial charge in [0.05, 0.1) is 0 Å². The quantitative estimate of drug-likeness (QED) is 0.641. The second kappa shape index (κ2) is 7.07. The molecule has 0 aliphatic carbocycles. The zero-order valence-corrected chi connectivity index (χ0v) is 9.54. The number of nitrogens with zero attached hydrogens (tertiary/aromatic N) is 1.